The highest BCUT2D eigenvalue weighted by atomic mass is 79.9. The van der Waals surface area contributed by atoms with Crippen LogP contribution in [0.25, 0.3) is 0 Å². The molecule has 1 aromatic rings. The van der Waals surface area contributed by atoms with Gasteiger partial charge in [-0.3, -0.25) is 0 Å². The van der Waals surface area contributed by atoms with Gasteiger partial charge >= 0.3 is 0 Å². The molecule has 19 heavy (non-hydrogen) atoms. The molecule has 0 aliphatic rings. The number of likely N-dealkylation sites (N-methyl/N-ethyl adjacent to an activating group) is 2. The predicted molar refractivity (Wildman–Crippen MR) is 78.4 cm³/mol. The Kier molecular flexibility index (Phi) is 5.47. The van der Waals surface area contributed by atoms with Crippen molar-refractivity contribution in [3.63, 3.8) is 0 Å². The van der Waals surface area contributed by atoms with Gasteiger partial charge < -0.3 is 10.2 Å². The number of benzene rings is 1. The van der Waals surface area contributed by atoms with Crippen LogP contribution in [-0.2, 0) is 6.42 Å². The summed E-state index contributed by atoms with van der Waals surface area (Å²) < 4.78 is 28.1. The highest BCUT2D eigenvalue weighted by Crippen LogP contribution is 2.26. The van der Waals surface area contributed by atoms with Gasteiger partial charge in [-0.15, -0.1) is 0 Å². The second-order valence-corrected chi connectivity index (χ2v) is 6.27. The fourth-order valence-corrected chi connectivity index (χ4v) is 2.35. The van der Waals surface area contributed by atoms with E-state index in [2.05, 4.69) is 21.2 Å². The number of hydrogen-bond acceptors (Lipinski definition) is 2. The molecule has 2 nitrogen and oxygen atoms in total. The lowest BCUT2D eigenvalue weighted by atomic mass is 9.88. The Morgan fingerprint density at radius 2 is 1.89 bits per heavy atom. The van der Waals surface area contributed by atoms with Crippen LogP contribution >= 0.6 is 15.9 Å². The van der Waals surface area contributed by atoms with E-state index in [0.717, 1.165) is 0 Å². The molecule has 0 saturated carbocycles. The maximum atomic E-state index is 14.0. The van der Waals surface area contributed by atoms with Crippen LogP contribution in [-0.4, -0.2) is 37.6 Å². The molecule has 0 fully saturated rings. The Hall–Kier alpha value is -0.520. The van der Waals surface area contributed by atoms with E-state index in [4.69, 9.17) is 0 Å². The van der Waals surface area contributed by atoms with Crippen molar-refractivity contribution in [2.75, 3.05) is 21.1 Å². The molecular weight excluding hydrogens is 314 g/mol. The summed E-state index contributed by atoms with van der Waals surface area (Å²) in [6, 6.07) is 2.61. The highest BCUT2D eigenvalue weighted by Gasteiger charge is 2.32. The molecule has 1 aromatic carbocycles. The van der Waals surface area contributed by atoms with Crippen molar-refractivity contribution in [1.82, 2.24) is 10.2 Å². The van der Waals surface area contributed by atoms with E-state index in [1.54, 1.807) is 0 Å². The zero-order valence-electron chi connectivity index (χ0n) is 12.0. The van der Waals surface area contributed by atoms with Crippen LogP contribution in [0.5, 0.6) is 0 Å². The minimum atomic E-state index is -0.519. The third-order valence-corrected chi connectivity index (χ3v) is 4.51. The van der Waals surface area contributed by atoms with Crippen LogP contribution in [0.3, 0.4) is 0 Å². The summed E-state index contributed by atoms with van der Waals surface area (Å²) in [6.45, 7) is 4.09. The third-order valence-electron chi connectivity index (χ3n) is 3.90. The van der Waals surface area contributed by atoms with Gasteiger partial charge in [0.2, 0.25) is 0 Å². The lowest BCUT2D eigenvalue weighted by molar-refractivity contribution is 0.140. The zero-order valence-corrected chi connectivity index (χ0v) is 13.6. The average molecular weight is 335 g/mol. The first-order chi connectivity index (χ1) is 8.71. The van der Waals surface area contributed by atoms with Gasteiger partial charge in [0.05, 0.1) is 4.47 Å². The van der Waals surface area contributed by atoms with Crippen molar-refractivity contribution in [3.8, 4) is 0 Å². The number of hydrogen-bond donors (Lipinski definition) is 1. The van der Waals surface area contributed by atoms with Crippen molar-refractivity contribution in [2.24, 2.45) is 0 Å². The molecule has 0 aliphatic heterocycles. The first kappa shape index (κ1) is 16.5. The quantitative estimate of drug-likeness (QED) is 0.832. The molecule has 0 saturated heterocycles. The number of halogens is 3. The van der Waals surface area contributed by atoms with Crippen molar-refractivity contribution in [1.29, 1.82) is 0 Å². The summed E-state index contributed by atoms with van der Waals surface area (Å²) in [4.78, 5) is 2.04. The molecule has 5 heteroatoms. The van der Waals surface area contributed by atoms with Crippen molar-refractivity contribution >= 4 is 15.9 Å². The number of nitrogens with zero attached hydrogens (tertiary/aromatic N) is 1. The fraction of sp³-hybridized carbons (Fsp3) is 0.571. The van der Waals surface area contributed by atoms with Crippen molar-refractivity contribution in [2.45, 2.75) is 31.8 Å². The molecule has 0 aliphatic carbocycles. The normalized spacial score (nSPS) is 13.9. The molecule has 0 heterocycles. The van der Waals surface area contributed by atoms with E-state index in [1.165, 1.54) is 12.1 Å². The van der Waals surface area contributed by atoms with Gasteiger partial charge in [-0.1, -0.05) is 0 Å². The molecule has 0 spiro atoms. The lowest BCUT2D eigenvalue weighted by Crippen LogP contribution is -2.55. The van der Waals surface area contributed by atoms with Gasteiger partial charge in [0, 0.05) is 17.1 Å². The van der Waals surface area contributed by atoms with Gasteiger partial charge in [-0.25, -0.2) is 8.78 Å². The Morgan fingerprint density at radius 1 is 1.32 bits per heavy atom. The molecular formula is C14H21BrF2N2. The molecule has 0 aromatic heterocycles. The lowest BCUT2D eigenvalue weighted by Gasteiger charge is -2.40. The van der Waals surface area contributed by atoms with Crippen LogP contribution in [0.2, 0.25) is 0 Å². The van der Waals surface area contributed by atoms with E-state index in [9.17, 15) is 8.78 Å². The average Bonchev–Trinajstić information content (AvgIpc) is 2.34. The van der Waals surface area contributed by atoms with E-state index in [-0.39, 0.29) is 17.1 Å². The largest absolute Gasteiger partial charge is 0.315 e. The van der Waals surface area contributed by atoms with Crippen LogP contribution in [0, 0.1) is 11.6 Å². The SMILES string of the molecule is CNC(Cc1c(F)ccc(Br)c1F)C(C)(C)N(C)C. The van der Waals surface area contributed by atoms with Gasteiger partial charge in [0.25, 0.3) is 0 Å². The maximum Gasteiger partial charge on any atom is 0.143 e. The second-order valence-electron chi connectivity index (χ2n) is 5.42. The number of rotatable bonds is 5. The van der Waals surface area contributed by atoms with Gasteiger partial charge in [0.15, 0.2) is 0 Å². The molecule has 0 amide bonds. The smallest absolute Gasteiger partial charge is 0.143 e. The first-order valence-electron chi connectivity index (χ1n) is 6.18. The van der Waals surface area contributed by atoms with E-state index >= 15 is 0 Å². The third kappa shape index (κ3) is 3.52. The molecule has 108 valence electrons. The van der Waals surface area contributed by atoms with Crippen LogP contribution < -0.4 is 5.32 Å². The summed E-state index contributed by atoms with van der Waals surface area (Å²) >= 11 is 3.10. The summed E-state index contributed by atoms with van der Waals surface area (Å²) in [5.41, 5.74) is -0.112. The van der Waals surface area contributed by atoms with E-state index in [1.807, 2.05) is 39.9 Å². The van der Waals surface area contributed by atoms with E-state index < -0.39 is 11.6 Å². The second kappa shape index (κ2) is 6.29. The minimum absolute atomic E-state index is 0.0687. The highest BCUT2D eigenvalue weighted by molar-refractivity contribution is 9.10. The van der Waals surface area contributed by atoms with E-state index in [0.29, 0.717) is 10.9 Å². The number of nitrogens with one attached hydrogen (secondary N) is 1. The Morgan fingerprint density at radius 3 is 2.37 bits per heavy atom. The standard InChI is InChI=1S/C14H21BrF2N2/c1-14(2,19(4)5)12(18-3)8-9-11(16)7-6-10(15)13(9)17/h6-7,12,18H,8H2,1-5H3. The van der Waals surface area contributed by atoms with Crippen molar-refractivity contribution < 1.29 is 8.78 Å². The molecule has 1 unspecified atom stereocenters. The van der Waals surface area contributed by atoms with Gasteiger partial charge in [-0.05, 0) is 69.5 Å². The van der Waals surface area contributed by atoms with Crippen LogP contribution in [0.15, 0.2) is 16.6 Å². The summed E-state index contributed by atoms with van der Waals surface area (Å²) in [5, 5.41) is 3.16. The summed E-state index contributed by atoms with van der Waals surface area (Å²) in [5.74, 6) is -1.02. The Balaban J connectivity index is 3.10. The topological polar surface area (TPSA) is 15.3 Å². The van der Waals surface area contributed by atoms with Gasteiger partial charge in [-0.2, -0.15) is 0 Å². The fourth-order valence-electron chi connectivity index (χ4n) is 1.98. The van der Waals surface area contributed by atoms with Gasteiger partial charge in [0.1, 0.15) is 11.6 Å². The van der Waals surface area contributed by atoms with Crippen LogP contribution in [0.1, 0.15) is 19.4 Å². The summed E-state index contributed by atoms with van der Waals surface area (Å²) in [7, 11) is 5.72. The van der Waals surface area contributed by atoms with Crippen LogP contribution in [0.4, 0.5) is 8.78 Å². The predicted octanol–water partition coefficient (Wildman–Crippen LogP) is 3.20. The maximum absolute atomic E-state index is 14.0. The first-order valence-corrected chi connectivity index (χ1v) is 6.98. The molecule has 1 N–H and O–H groups in total. The van der Waals surface area contributed by atoms with Crippen molar-refractivity contribution in [3.05, 3.63) is 33.8 Å². The minimum Gasteiger partial charge on any atom is -0.315 e. The summed E-state index contributed by atoms with van der Waals surface area (Å²) in [6.07, 6.45) is 0.290. The zero-order chi connectivity index (χ0) is 14.8. The Labute approximate surface area is 122 Å². The molecule has 1 atom stereocenters. The molecule has 0 bridgehead atoms. The molecule has 1 rings (SSSR count). The molecule has 0 radical (unpaired) electrons. The Bertz CT molecular complexity index is 447. The monoisotopic (exact) mass is 334 g/mol.